The van der Waals surface area contributed by atoms with Crippen LogP contribution in [0.25, 0.3) is 21.8 Å². The number of benzene rings is 2. The fourth-order valence-electron chi connectivity index (χ4n) is 3.39. The van der Waals surface area contributed by atoms with Gasteiger partial charge >= 0.3 is 0 Å². The predicted molar refractivity (Wildman–Crippen MR) is 89.7 cm³/mol. The summed E-state index contributed by atoms with van der Waals surface area (Å²) in [6.45, 7) is 0. The zero-order valence-electron chi connectivity index (χ0n) is 12.2. The molecule has 4 rings (SSSR count). The van der Waals surface area contributed by atoms with E-state index in [1.165, 1.54) is 48.6 Å². The number of rotatable bonds is 2. The molecule has 0 unspecified atom stereocenters. The molecule has 1 heterocycles. The first-order chi connectivity index (χ1) is 10.4. The molecule has 21 heavy (non-hydrogen) atoms. The van der Waals surface area contributed by atoms with Gasteiger partial charge in [0, 0.05) is 16.8 Å². The second kappa shape index (κ2) is 5.36. The Kier molecular flexibility index (Phi) is 3.23. The maximum Gasteiger partial charge on any atom is 0.0941 e. The van der Waals surface area contributed by atoms with Crippen molar-refractivity contribution in [2.75, 3.05) is 5.32 Å². The fraction of sp³-hybridized carbons (Fsp3) is 0.316. The summed E-state index contributed by atoms with van der Waals surface area (Å²) in [4.78, 5) is 4.88. The molecule has 0 saturated heterocycles. The van der Waals surface area contributed by atoms with Crippen molar-refractivity contribution in [1.29, 1.82) is 0 Å². The number of aromatic nitrogens is 1. The van der Waals surface area contributed by atoms with Crippen LogP contribution in [-0.2, 0) is 0 Å². The molecule has 0 spiro atoms. The summed E-state index contributed by atoms with van der Waals surface area (Å²) in [6.07, 6.45) is 6.64. The number of anilines is 1. The van der Waals surface area contributed by atoms with Crippen molar-refractivity contribution in [1.82, 2.24) is 4.98 Å². The Hall–Kier alpha value is -2.09. The molecule has 1 aliphatic carbocycles. The topological polar surface area (TPSA) is 24.9 Å². The van der Waals surface area contributed by atoms with Crippen LogP contribution in [0.15, 0.2) is 48.5 Å². The Balaban J connectivity index is 1.78. The van der Waals surface area contributed by atoms with E-state index >= 15 is 0 Å². The minimum Gasteiger partial charge on any atom is -0.381 e. The third-order valence-electron chi connectivity index (χ3n) is 4.51. The third kappa shape index (κ3) is 2.46. The van der Waals surface area contributed by atoms with Gasteiger partial charge in [-0.25, -0.2) is 4.98 Å². The molecule has 1 saturated carbocycles. The minimum absolute atomic E-state index is 0.609. The molecule has 1 fully saturated rings. The first kappa shape index (κ1) is 12.6. The van der Waals surface area contributed by atoms with Gasteiger partial charge in [-0.05, 0) is 31.0 Å². The van der Waals surface area contributed by atoms with Crippen LogP contribution in [0.4, 0.5) is 5.69 Å². The van der Waals surface area contributed by atoms with Gasteiger partial charge in [0.25, 0.3) is 0 Å². The van der Waals surface area contributed by atoms with Gasteiger partial charge < -0.3 is 5.32 Å². The standard InChI is InChI=1S/C19H20N2/c1-2-9-16(10-3-1)20-18-12-6-8-15-13-14-7-4-5-11-17(14)21-19(15)18/h4-8,11-13,16,20H,1-3,9-10H2. The SMILES string of the molecule is c1ccc2nc3c(NC4CCCCC4)cccc3cc2c1. The Bertz CT molecular complexity index is 773. The molecule has 0 atom stereocenters. The average molecular weight is 276 g/mol. The van der Waals surface area contributed by atoms with Crippen LogP contribution in [0.3, 0.4) is 0 Å². The summed E-state index contributed by atoms with van der Waals surface area (Å²) >= 11 is 0. The van der Waals surface area contributed by atoms with Crippen LogP contribution in [0, 0.1) is 0 Å². The summed E-state index contributed by atoms with van der Waals surface area (Å²) in [5.41, 5.74) is 3.36. The Morgan fingerprint density at radius 3 is 2.57 bits per heavy atom. The fourth-order valence-corrected chi connectivity index (χ4v) is 3.39. The number of nitrogens with one attached hydrogen (secondary N) is 1. The van der Waals surface area contributed by atoms with E-state index in [1.807, 2.05) is 0 Å². The van der Waals surface area contributed by atoms with Crippen molar-refractivity contribution in [2.45, 2.75) is 38.1 Å². The Morgan fingerprint density at radius 2 is 1.67 bits per heavy atom. The molecular formula is C19H20N2. The molecule has 2 nitrogen and oxygen atoms in total. The first-order valence-electron chi connectivity index (χ1n) is 7.95. The van der Waals surface area contributed by atoms with Gasteiger partial charge in [0.05, 0.1) is 16.7 Å². The molecular weight excluding hydrogens is 256 g/mol. The van der Waals surface area contributed by atoms with Crippen LogP contribution in [0.1, 0.15) is 32.1 Å². The minimum atomic E-state index is 0.609. The number of nitrogens with zero attached hydrogens (tertiary/aromatic N) is 1. The Morgan fingerprint density at radius 1 is 0.857 bits per heavy atom. The number of hydrogen-bond acceptors (Lipinski definition) is 2. The second-order valence-corrected chi connectivity index (χ2v) is 6.04. The van der Waals surface area contributed by atoms with E-state index in [0.717, 1.165) is 11.0 Å². The van der Waals surface area contributed by atoms with Gasteiger partial charge in [0.15, 0.2) is 0 Å². The van der Waals surface area contributed by atoms with Gasteiger partial charge in [-0.2, -0.15) is 0 Å². The smallest absolute Gasteiger partial charge is 0.0941 e. The van der Waals surface area contributed by atoms with Gasteiger partial charge in [0.2, 0.25) is 0 Å². The lowest BCUT2D eigenvalue weighted by Crippen LogP contribution is -2.22. The van der Waals surface area contributed by atoms with Crippen LogP contribution >= 0.6 is 0 Å². The molecule has 0 bridgehead atoms. The number of para-hydroxylation sites is 2. The maximum absolute atomic E-state index is 4.88. The molecule has 2 aromatic carbocycles. The van der Waals surface area contributed by atoms with E-state index in [2.05, 4.69) is 53.8 Å². The molecule has 3 aromatic rings. The highest BCUT2D eigenvalue weighted by Crippen LogP contribution is 2.28. The van der Waals surface area contributed by atoms with E-state index in [1.54, 1.807) is 0 Å². The lowest BCUT2D eigenvalue weighted by atomic mass is 9.95. The van der Waals surface area contributed by atoms with Gasteiger partial charge in [0.1, 0.15) is 0 Å². The molecule has 1 aliphatic rings. The van der Waals surface area contributed by atoms with Gasteiger partial charge in [-0.1, -0.05) is 49.6 Å². The van der Waals surface area contributed by atoms with Crippen molar-refractivity contribution in [3.8, 4) is 0 Å². The van der Waals surface area contributed by atoms with Gasteiger partial charge in [-0.3, -0.25) is 0 Å². The summed E-state index contributed by atoms with van der Waals surface area (Å²) < 4.78 is 0. The molecule has 2 heteroatoms. The van der Waals surface area contributed by atoms with Crippen LogP contribution in [0.5, 0.6) is 0 Å². The normalized spacial score (nSPS) is 16.4. The third-order valence-corrected chi connectivity index (χ3v) is 4.51. The van der Waals surface area contributed by atoms with Crippen molar-refractivity contribution in [3.63, 3.8) is 0 Å². The maximum atomic E-state index is 4.88. The molecule has 0 radical (unpaired) electrons. The Labute approximate surface area is 125 Å². The van der Waals surface area contributed by atoms with Crippen molar-refractivity contribution >= 4 is 27.5 Å². The van der Waals surface area contributed by atoms with E-state index in [4.69, 9.17) is 4.98 Å². The lowest BCUT2D eigenvalue weighted by molar-refractivity contribution is 0.463. The highest BCUT2D eigenvalue weighted by molar-refractivity contribution is 5.98. The van der Waals surface area contributed by atoms with Gasteiger partial charge in [-0.15, -0.1) is 0 Å². The number of hydrogen-bond donors (Lipinski definition) is 1. The molecule has 106 valence electrons. The molecule has 0 amide bonds. The highest BCUT2D eigenvalue weighted by atomic mass is 14.9. The largest absolute Gasteiger partial charge is 0.381 e. The zero-order chi connectivity index (χ0) is 14.1. The summed E-state index contributed by atoms with van der Waals surface area (Å²) in [5.74, 6) is 0. The van der Waals surface area contributed by atoms with Crippen LogP contribution in [0.2, 0.25) is 0 Å². The lowest BCUT2D eigenvalue weighted by Gasteiger charge is -2.24. The van der Waals surface area contributed by atoms with Crippen molar-refractivity contribution in [3.05, 3.63) is 48.5 Å². The van der Waals surface area contributed by atoms with Crippen molar-refractivity contribution < 1.29 is 0 Å². The average Bonchev–Trinajstić information content (AvgIpc) is 2.54. The van der Waals surface area contributed by atoms with E-state index in [0.29, 0.717) is 6.04 Å². The molecule has 1 N–H and O–H groups in total. The first-order valence-corrected chi connectivity index (χ1v) is 7.95. The summed E-state index contributed by atoms with van der Waals surface area (Å²) in [7, 11) is 0. The number of fused-ring (bicyclic) bond motifs is 2. The highest BCUT2D eigenvalue weighted by Gasteiger charge is 2.14. The quantitative estimate of drug-likeness (QED) is 0.656. The summed E-state index contributed by atoms with van der Waals surface area (Å²) in [5, 5.41) is 6.15. The molecule has 1 aromatic heterocycles. The van der Waals surface area contributed by atoms with E-state index < -0.39 is 0 Å². The van der Waals surface area contributed by atoms with Crippen molar-refractivity contribution in [2.24, 2.45) is 0 Å². The van der Waals surface area contributed by atoms with Crippen LogP contribution < -0.4 is 5.32 Å². The monoisotopic (exact) mass is 276 g/mol. The van der Waals surface area contributed by atoms with E-state index in [-0.39, 0.29) is 0 Å². The van der Waals surface area contributed by atoms with E-state index in [9.17, 15) is 0 Å². The number of pyridine rings is 1. The zero-order valence-corrected chi connectivity index (χ0v) is 12.2. The second-order valence-electron chi connectivity index (χ2n) is 6.04. The predicted octanol–water partition coefficient (Wildman–Crippen LogP) is 5.13. The molecule has 0 aliphatic heterocycles. The van der Waals surface area contributed by atoms with Crippen LogP contribution in [-0.4, -0.2) is 11.0 Å². The summed E-state index contributed by atoms with van der Waals surface area (Å²) in [6, 6.07) is 17.6.